The summed E-state index contributed by atoms with van der Waals surface area (Å²) in [5, 5.41) is 3.37. The van der Waals surface area contributed by atoms with Gasteiger partial charge in [-0.25, -0.2) is 0 Å². The smallest absolute Gasteiger partial charge is 0.0701 e. The molecule has 0 aliphatic rings. The van der Waals surface area contributed by atoms with Gasteiger partial charge in [-0.2, -0.15) is 0 Å². The van der Waals surface area contributed by atoms with Crippen molar-refractivity contribution < 1.29 is 18.9 Å². The van der Waals surface area contributed by atoms with E-state index in [2.05, 4.69) is 33.0 Å². The van der Waals surface area contributed by atoms with E-state index in [1.807, 2.05) is 0 Å². The van der Waals surface area contributed by atoms with Crippen LogP contribution >= 0.6 is 0 Å². The molecular formula is C16H35NO4. The quantitative estimate of drug-likeness (QED) is 0.470. The van der Waals surface area contributed by atoms with Gasteiger partial charge >= 0.3 is 0 Å². The van der Waals surface area contributed by atoms with E-state index < -0.39 is 0 Å². The molecule has 0 radical (unpaired) electrons. The highest BCUT2D eigenvalue weighted by Crippen LogP contribution is 1.96. The zero-order chi connectivity index (χ0) is 15.8. The molecule has 0 bridgehead atoms. The predicted octanol–water partition coefficient (Wildman–Crippen LogP) is 2.24. The molecule has 0 aliphatic carbocycles. The normalized spacial score (nSPS) is 12.0. The Bertz CT molecular complexity index is 207. The average molecular weight is 305 g/mol. The fourth-order valence-corrected chi connectivity index (χ4v) is 1.51. The molecule has 0 heterocycles. The molecule has 0 aromatic heterocycles. The third-order valence-electron chi connectivity index (χ3n) is 2.66. The second kappa shape index (κ2) is 14.7. The third-order valence-corrected chi connectivity index (χ3v) is 2.66. The molecule has 0 aromatic rings. The first kappa shape index (κ1) is 20.8. The first-order valence-electron chi connectivity index (χ1n) is 8.12. The van der Waals surface area contributed by atoms with Crippen molar-refractivity contribution in [2.75, 3.05) is 59.4 Å². The van der Waals surface area contributed by atoms with Gasteiger partial charge in [-0.3, -0.25) is 0 Å². The Morgan fingerprint density at radius 2 is 1.10 bits per heavy atom. The monoisotopic (exact) mass is 305 g/mol. The molecule has 128 valence electrons. The van der Waals surface area contributed by atoms with Crippen molar-refractivity contribution in [3.8, 4) is 0 Å². The van der Waals surface area contributed by atoms with Crippen molar-refractivity contribution in [1.82, 2.24) is 5.32 Å². The lowest BCUT2D eigenvalue weighted by Crippen LogP contribution is -2.38. The van der Waals surface area contributed by atoms with Crippen LogP contribution in [0.15, 0.2) is 0 Å². The first-order valence-corrected chi connectivity index (χ1v) is 8.12. The number of unbranched alkanes of at least 4 members (excludes halogenated alkanes) is 1. The van der Waals surface area contributed by atoms with Gasteiger partial charge in [0.1, 0.15) is 0 Å². The minimum absolute atomic E-state index is 0.150. The summed E-state index contributed by atoms with van der Waals surface area (Å²) >= 11 is 0. The third kappa shape index (κ3) is 19.8. The minimum atomic E-state index is 0.150. The Kier molecular flexibility index (Phi) is 14.6. The van der Waals surface area contributed by atoms with Crippen LogP contribution in [0.3, 0.4) is 0 Å². The van der Waals surface area contributed by atoms with Crippen molar-refractivity contribution >= 4 is 0 Å². The van der Waals surface area contributed by atoms with E-state index in [1.54, 1.807) is 0 Å². The van der Waals surface area contributed by atoms with Crippen molar-refractivity contribution in [3.05, 3.63) is 0 Å². The Balaban J connectivity index is 3.00. The number of rotatable bonds is 15. The van der Waals surface area contributed by atoms with E-state index in [0.29, 0.717) is 46.2 Å². The summed E-state index contributed by atoms with van der Waals surface area (Å²) in [6, 6.07) is 0. The molecule has 0 aromatic carbocycles. The van der Waals surface area contributed by atoms with Gasteiger partial charge in [0.25, 0.3) is 0 Å². The highest BCUT2D eigenvalue weighted by molar-refractivity contribution is 4.69. The molecule has 21 heavy (non-hydrogen) atoms. The van der Waals surface area contributed by atoms with Crippen LogP contribution in [0.5, 0.6) is 0 Å². The van der Waals surface area contributed by atoms with Crippen LogP contribution in [0.1, 0.15) is 40.5 Å². The molecule has 5 nitrogen and oxygen atoms in total. The second-order valence-corrected chi connectivity index (χ2v) is 5.98. The van der Waals surface area contributed by atoms with Crippen LogP contribution in [0.25, 0.3) is 0 Å². The molecular weight excluding hydrogens is 270 g/mol. The SMILES string of the molecule is CCCCOCCOCCOCCOCCNC(C)(C)C. The summed E-state index contributed by atoms with van der Waals surface area (Å²) in [6.45, 7) is 14.8. The number of nitrogens with one attached hydrogen (secondary N) is 1. The Morgan fingerprint density at radius 3 is 1.52 bits per heavy atom. The maximum atomic E-state index is 5.46. The van der Waals surface area contributed by atoms with Gasteiger partial charge < -0.3 is 24.3 Å². The summed E-state index contributed by atoms with van der Waals surface area (Å²) < 4.78 is 21.7. The van der Waals surface area contributed by atoms with Gasteiger partial charge in [-0.1, -0.05) is 13.3 Å². The number of hydrogen-bond acceptors (Lipinski definition) is 5. The van der Waals surface area contributed by atoms with Gasteiger partial charge in [0.15, 0.2) is 0 Å². The molecule has 0 unspecified atom stereocenters. The fourth-order valence-electron chi connectivity index (χ4n) is 1.51. The molecule has 5 heteroatoms. The van der Waals surface area contributed by atoms with E-state index in [0.717, 1.165) is 19.6 Å². The standard InChI is InChI=1S/C16H35NO4/c1-5-6-8-18-10-12-20-14-15-21-13-11-19-9-7-17-16(2,3)4/h17H,5-15H2,1-4H3. The zero-order valence-corrected chi connectivity index (χ0v) is 14.4. The van der Waals surface area contributed by atoms with E-state index in [4.69, 9.17) is 18.9 Å². The summed E-state index contributed by atoms with van der Waals surface area (Å²) in [5.41, 5.74) is 0.150. The zero-order valence-electron chi connectivity index (χ0n) is 14.4. The fraction of sp³-hybridized carbons (Fsp3) is 1.00. The van der Waals surface area contributed by atoms with E-state index >= 15 is 0 Å². The van der Waals surface area contributed by atoms with Crippen LogP contribution in [0, 0.1) is 0 Å². The van der Waals surface area contributed by atoms with Crippen molar-refractivity contribution in [3.63, 3.8) is 0 Å². The molecule has 0 atom stereocenters. The lowest BCUT2D eigenvalue weighted by atomic mass is 10.1. The van der Waals surface area contributed by atoms with Gasteiger partial charge in [-0.05, 0) is 27.2 Å². The first-order chi connectivity index (χ1) is 10.1. The Morgan fingerprint density at radius 1 is 0.667 bits per heavy atom. The highest BCUT2D eigenvalue weighted by atomic mass is 16.6. The van der Waals surface area contributed by atoms with E-state index in [-0.39, 0.29) is 5.54 Å². The largest absolute Gasteiger partial charge is 0.379 e. The number of ether oxygens (including phenoxy) is 4. The molecule has 0 fully saturated rings. The van der Waals surface area contributed by atoms with Gasteiger partial charge in [0, 0.05) is 18.7 Å². The van der Waals surface area contributed by atoms with Crippen molar-refractivity contribution in [1.29, 1.82) is 0 Å². The Hall–Kier alpha value is -0.200. The molecule has 0 spiro atoms. The summed E-state index contributed by atoms with van der Waals surface area (Å²) in [7, 11) is 0. The predicted molar refractivity (Wildman–Crippen MR) is 85.9 cm³/mol. The van der Waals surface area contributed by atoms with E-state index in [9.17, 15) is 0 Å². The lowest BCUT2D eigenvalue weighted by molar-refractivity contribution is -0.00198. The number of hydrogen-bond donors (Lipinski definition) is 1. The second-order valence-electron chi connectivity index (χ2n) is 5.98. The molecule has 0 saturated heterocycles. The maximum absolute atomic E-state index is 5.46. The van der Waals surface area contributed by atoms with Crippen LogP contribution in [-0.4, -0.2) is 64.9 Å². The van der Waals surface area contributed by atoms with E-state index in [1.165, 1.54) is 6.42 Å². The van der Waals surface area contributed by atoms with Crippen LogP contribution in [0.2, 0.25) is 0 Å². The topological polar surface area (TPSA) is 49.0 Å². The molecule has 0 saturated carbocycles. The maximum Gasteiger partial charge on any atom is 0.0701 e. The summed E-state index contributed by atoms with van der Waals surface area (Å²) in [6.07, 6.45) is 2.29. The van der Waals surface area contributed by atoms with Gasteiger partial charge in [0.05, 0.1) is 46.2 Å². The van der Waals surface area contributed by atoms with Crippen LogP contribution < -0.4 is 5.32 Å². The molecule has 0 aliphatic heterocycles. The average Bonchev–Trinajstić information content (AvgIpc) is 2.42. The Labute approximate surface area is 130 Å². The van der Waals surface area contributed by atoms with Gasteiger partial charge in [0.2, 0.25) is 0 Å². The van der Waals surface area contributed by atoms with Crippen LogP contribution in [-0.2, 0) is 18.9 Å². The van der Waals surface area contributed by atoms with Crippen LogP contribution in [0.4, 0.5) is 0 Å². The minimum Gasteiger partial charge on any atom is -0.379 e. The molecule has 1 N–H and O–H groups in total. The van der Waals surface area contributed by atoms with Crippen molar-refractivity contribution in [2.24, 2.45) is 0 Å². The molecule has 0 rings (SSSR count). The van der Waals surface area contributed by atoms with Crippen molar-refractivity contribution in [2.45, 2.75) is 46.1 Å². The lowest BCUT2D eigenvalue weighted by Gasteiger charge is -2.20. The summed E-state index contributed by atoms with van der Waals surface area (Å²) in [4.78, 5) is 0. The highest BCUT2D eigenvalue weighted by Gasteiger charge is 2.06. The molecule has 0 amide bonds. The van der Waals surface area contributed by atoms with Gasteiger partial charge in [-0.15, -0.1) is 0 Å². The summed E-state index contributed by atoms with van der Waals surface area (Å²) in [5.74, 6) is 0.